The zero-order chi connectivity index (χ0) is 21.9. The van der Waals surface area contributed by atoms with Gasteiger partial charge in [-0.25, -0.2) is 10.1 Å². The number of amides is 1. The summed E-state index contributed by atoms with van der Waals surface area (Å²) < 4.78 is 12.4. The highest BCUT2D eigenvalue weighted by Crippen LogP contribution is 2.32. The van der Waals surface area contributed by atoms with Crippen molar-refractivity contribution >= 4 is 12.1 Å². The number of nitrogens with zero attached hydrogens (tertiary/aromatic N) is 3. The van der Waals surface area contributed by atoms with Crippen LogP contribution in [-0.2, 0) is 0 Å². The summed E-state index contributed by atoms with van der Waals surface area (Å²) in [4.78, 5) is 12.5. The van der Waals surface area contributed by atoms with Crippen LogP contribution in [0.25, 0.3) is 16.9 Å². The smallest absolute Gasteiger partial charge is 0.271 e. The Hall–Kier alpha value is -4.39. The molecule has 158 valence electrons. The maximum absolute atomic E-state index is 12.5. The van der Waals surface area contributed by atoms with E-state index in [1.807, 2.05) is 67.7 Å². The number of ether oxygens (including phenoxy) is 2. The molecule has 0 fully saturated rings. The number of carbonyl (C=O) groups is 1. The zero-order valence-electron chi connectivity index (χ0n) is 17.4. The summed E-state index contributed by atoms with van der Waals surface area (Å²) in [5.74, 6) is 0.834. The molecular formula is C25H20N4O3. The molecule has 32 heavy (non-hydrogen) atoms. The third-order valence-corrected chi connectivity index (χ3v) is 5.09. The van der Waals surface area contributed by atoms with Crippen LogP contribution in [0, 0.1) is 6.92 Å². The SMILES string of the molecule is Cc1ccc(-c2nn(-c3ccccc3)cc2/C=N\NC(=O)c2ccc3c(c2)OCO3)cc1. The molecule has 1 amide bonds. The maximum atomic E-state index is 12.5. The molecule has 0 bridgehead atoms. The van der Waals surface area contributed by atoms with Crippen molar-refractivity contribution in [3.8, 4) is 28.4 Å². The van der Waals surface area contributed by atoms with Crippen LogP contribution in [0.15, 0.2) is 84.1 Å². The van der Waals surface area contributed by atoms with Gasteiger partial charge < -0.3 is 9.47 Å². The van der Waals surface area contributed by atoms with Crippen LogP contribution in [0.3, 0.4) is 0 Å². The highest BCUT2D eigenvalue weighted by Gasteiger charge is 2.16. The van der Waals surface area contributed by atoms with Crippen molar-refractivity contribution in [2.24, 2.45) is 5.10 Å². The molecule has 3 aromatic carbocycles. The van der Waals surface area contributed by atoms with Crippen molar-refractivity contribution in [1.29, 1.82) is 0 Å². The van der Waals surface area contributed by atoms with Crippen LogP contribution in [0.4, 0.5) is 0 Å². The van der Waals surface area contributed by atoms with Crippen molar-refractivity contribution < 1.29 is 14.3 Å². The first kappa shape index (κ1) is 19.6. The number of hydrogen-bond donors (Lipinski definition) is 1. The molecule has 7 nitrogen and oxygen atoms in total. The van der Waals surface area contributed by atoms with Gasteiger partial charge in [0, 0.05) is 22.9 Å². The van der Waals surface area contributed by atoms with Crippen LogP contribution in [0.1, 0.15) is 21.5 Å². The van der Waals surface area contributed by atoms with Gasteiger partial charge in [0.05, 0.1) is 11.9 Å². The van der Waals surface area contributed by atoms with Gasteiger partial charge in [-0.2, -0.15) is 10.2 Å². The summed E-state index contributed by atoms with van der Waals surface area (Å²) in [5.41, 5.74) is 7.63. The second kappa shape index (κ2) is 8.39. The number of para-hydroxylation sites is 1. The van der Waals surface area contributed by atoms with E-state index in [0.29, 0.717) is 17.1 Å². The molecule has 1 aliphatic rings. The first-order valence-corrected chi connectivity index (χ1v) is 10.1. The number of rotatable bonds is 5. The van der Waals surface area contributed by atoms with E-state index in [0.717, 1.165) is 22.5 Å². The number of nitrogens with one attached hydrogen (secondary N) is 1. The summed E-state index contributed by atoms with van der Waals surface area (Å²) >= 11 is 0. The van der Waals surface area contributed by atoms with E-state index in [1.54, 1.807) is 29.1 Å². The fourth-order valence-corrected chi connectivity index (χ4v) is 3.39. The normalized spacial score (nSPS) is 12.3. The number of fused-ring (bicyclic) bond motifs is 1. The molecule has 0 saturated carbocycles. The van der Waals surface area contributed by atoms with E-state index in [1.165, 1.54) is 5.56 Å². The van der Waals surface area contributed by atoms with E-state index >= 15 is 0 Å². The molecular weight excluding hydrogens is 404 g/mol. The minimum Gasteiger partial charge on any atom is -0.454 e. The van der Waals surface area contributed by atoms with Crippen molar-refractivity contribution in [3.63, 3.8) is 0 Å². The van der Waals surface area contributed by atoms with Gasteiger partial charge >= 0.3 is 0 Å². The average molecular weight is 424 g/mol. The van der Waals surface area contributed by atoms with Gasteiger partial charge in [0.25, 0.3) is 5.91 Å². The predicted molar refractivity (Wildman–Crippen MR) is 121 cm³/mol. The number of aryl methyl sites for hydroxylation is 1. The molecule has 0 spiro atoms. The largest absolute Gasteiger partial charge is 0.454 e. The lowest BCUT2D eigenvalue weighted by atomic mass is 10.1. The van der Waals surface area contributed by atoms with Crippen molar-refractivity contribution in [2.75, 3.05) is 6.79 Å². The molecule has 7 heteroatoms. The quantitative estimate of drug-likeness (QED) is 0.382. The summed E-state index contributed by atoms with van der Waals surface area (Å²) in [7, 11) is 0. The van der Waals surface area contributed by atoms with E-state index in [-0.39, 0.29) is 12.7 Å². The van der Waals surface area contributed by atoms with Crippen LogP contribution >= 0.6 is 0 Å². The Balaban J connectivity index is 1.41. The lowest BCUT2D eigenvalue weighted by Gasteiger charge is -2.02. The molecule has 0 aliphatic carbocycles. The minimum absolute atomic E-state index is 0.158. The van der Waals surface area contributed by atoms with Crippen molar-refractivity contribution in [3.05, 3.63) is 95.7 Å². The molecule has 0 saturated heterocycles. The maximum Gasteiger partial charge on any atom is 0.271 e. The van der Waals surface area contributed by atoms with Gasteiger partial charge in [0.15, 0.2) is 11.5 Å². The second-order valence-electron chi connectivity index (χ2n) is 7.35. The lowest BCUT2D eigenvalue weighted by Crippen LogP contribution is -2.17. The Morgan fingerprint density at radius 2 is 1.81 bits per heavy atom. The number of carbonyl (C=O) groups excluding carboxylic acids is 1. The van der Waals surface area contributed by atoms with E-state index < -0.39 is 0 Å². The Morgan fingerprint density at radius 3 is 2.62 bits per heavy atom. The molecule has 4 aromatic rings. The summed E-state index contributed by atoms with van der Waals surface area (Å²) in [6.07, 6.45) is 3.49. The van der Waals surface area contributed by atoms with Gasteiger partial charge in [-0.15, -0.1) is 0 Å². The van der Waals surface area contributed by atoms with Crippen LogP contribution in [-0.4, -0.2) is 28.7 Å². The van der Waals surface area contributed by atoms with E-state index in [9.17, 15) is 4.79 Å². The second-order valence-corrected chi connectivity index (χ2v) is 7.35. The van der Waals surface area contributed by atoms with E-state index in [4.69, 9.17) is 14.6 Å². The summed E-state index contributed by atoms with van der Waals surface area (Å²) in [5, 5.41) is 8.93. The third kappa shape index (κ3) is 3.96. The predicted octanol–water partition coefficient (Wildman–Crippen LogP) is 4.34. The average Bonchev–Trinajstić information content (AvgIpc) is 3.47. The Morgan fingerprint density at radius 1 is 1.03 bits per heavy atom. The van der Waals surface area contributed by atoms with Crippen LogP contribution < -0.4 is 14.9 Å². The monoisotopic (exact) mass is 424 g/mol. The highest BCUT2D eigenvalue weighted by atomic mass is 16.7. The lowest BCUT2D eigenvalue weighted by molar-refractivity contribution is 0.0954. The Kier molecular flexibility index (Phi) is 5.13. The minimum atomic E-state index is -0.341. The van der Waals surface area contributed by atoms with Crippen molar-refractivity contribution in [1.82, 2.24) is 15.2 Å². The fraction of sp³-hybridized carbons (Fsp3) is 0.0800. The molecule has 0 atom stereocenters. The van der Waals surface area contributed by atoms with Gasteiger partial charge in [0.1, 0.15) is 5.69 Å². The number of hydrazone groups is 1. The summed E-state index contributed by atoms with van der Waals surface area (Å²) in [6, 6.07) is 23.0. The molecule has 0 unspecified atom stereocenters. The third-order valence-electron chi connectivity index (χ3n) is 5.09. The topological polar surface area (TPSA) is 77.7 Å². The molecule has 2 heterocycles. The molecule has 5 rings (SSSR count). The van der Waals surface area contributed by atoms with Gasteiger partial charge in [-0.1, -0.05) is 48.0 Å². The van der Waals surface area contributed by atoms with Crippen molar-refractivity contribution in [2.45, 2.75) is 6.92 Å². The molecule has 1 N–H and O–H groups in total. The zero-order valence-corrected chi connectivity index (χ0v) is 17.4. The standard InChI is InChI=1S/C25H20N4O3/c1-17-7-9-18(10-8-17)24-20(15-29(28-24)21-5-3-2-4-6-21)14-26-27-25(30)19-11-12-22-23(13-19)32-16-31-22/h2-15H,16H2,1H3,(H,27,30)/b26-14-. The molecule has 1 aliphatic heterocycles. The highest BCUT2D eigenvalue weighted by molar-refractivity contribution is 5.96. The number of hydrogen-bond acceptors (Lipinski definition) is 5. The van der Waals surface area contributed by atoms with Gasteiger partial charge in [-0.05, 0) is 37.3 Å². The first-order chi connectivity index (χ1) is 15.7. The van der Waals surface area contributed by atoms with Gasteiger partial charge in [-0.3, -0.25) is 4.79 Å². The Labute approximate surface area is 184 Å². The Bertz CT molecular complexity index is 1290. The first-order valence-electron chi connectivity index (χ1n) is 10.1. The summed E-state index contributed by atoms with van der Waals surface area (Å²) in [6.45, 7) is 2.20. The van der Waals surface area contributed by atoms with E-state index in [2.05, 4.69) is 10.5 Å². The fourth-order valence-electron chi connectivity index (χ4n) is 3.39. The number of aromatic nitrogens is 2. The van der Waals surface area contributed by atoms with Gasteiger partial charge in [0.2, 0.25) is 6.79 Å². The molecule has 0 radical (unpaired) electrons. The number of benzene rings is 3. The van der Waals surface area contributed by atoms with Crippen LogP contribution in [0.5, 0.6) is 11.5 Å². The van der Waals surface area contributed by atoms with Crippen LogP contribution in [0.2, 0.25) is 0 Å². The molecule has 1 aromatic heterocycles.